The highest BCUT2D eigenvalue weighted by molar-refractivity contribution is 5.99. The quantitative estimate of drug-likeness (QED) is 0.558. The van der Waals surface area contributed by atoms with E-state index in [1.54, 1.807) is 37.4 Å². The molecular weight excluding hydrogens is 423 g/mol. The Labute approximate surface area is 182 Å². The van der Waals surface area contributed by atoms with Crippen molar-refractivity contribution in [2.75, 3.05) is 25.9 Å². The van der Waals surface area contributed by atoms with Crippen LogP contribution in [-0.2, 0) is 10.9 Å². The molecule has 1 aliphatic heterocycles. The zero-order valence-electron chi connectivity index (χ0n) is 17.2. The number of rotatable bonds is 5. The van der Waals surface area contributed by atoms with E-state index in [1.165, 1.54) is 6.07 Å². The molecule has 0 saturated carbocycles. The minimum absolute atomic E-state index is 0.0131. The summed E-state index contributed by atoms with van der Waals surface area (Å²) in [5.41, 5.74) is 5.53. The number of hydrogen-bond acceptors (Lipinski definition) is 6. The average Bonchev–Trinajstić information content (AvgIpc) is 3.25. The molecular formula is C22H22F3N5O2. The second kappa shape index (κ2) is 8.71. The summed E-state index contributed by atoms with van der Waals surface area (Å²) in [5, 5.41) is 5.89. The van der Waals surface area contributed by atoms with Crippen molar-refractivity contribution in [1.82, 2.24) is 20.6 Å². The Kier molecular flexibility index (Phi) is 5.98. The van der Waals surface area contributed by atoms with Crippen molar-refractivity contribution in [2.24, 2.45) is 0 Å². The normalized spacial score (nSPS) is 18.8. The molecule has 4 N–H and O–H groups in total. The van der Waals surface area contributed by atoms with Gasteiger partial charge in [0, 0.05) is 31.6 Å². The maximum Gasteiger partial charge on any atom is 0.418 e. The minimum Gasteiger partial charge on any atom is -0.383 e. The van der Waals surface area contributed by atoms with Gasteiger partial charge in [0.2, 0.25) is 5.82 Å². The predicted molar refractivity (Wildman–Crippen MR) is 114 cm³/mol. The first-order valence-electron chi connectivity index (χ1n) is 10.0. The Morgan fingerprint density at radius 1 is 1.22 bits per heavy atom. The van der Waals surface area contributed by atoms with E-state index in [4.69, 9.17) is 10.5 Å². The number of fused-ring (bicyclic) bond motifs is 1. The van der Waals surface area contributed by atoms with Gasteiger partial charge in [-0.2, -0.15) is 13.2 Å². The van der Waals surface area contributed by atoms with Crippen molar-refractivity contribution in [1.29, 1.82) is 0 Å². The molecule has 0 radical (unpaired) electrons. The molecule has 1 amide bonds. The summed E-state index contributed by atoms with van der Waals surface area (Å²) in [7, 11) is 1.61. The smallest absolute Gasteiger partial charge is 0.383 e. The summed E-state index contributed by atoms with van der Waals surface area (Å²) < 4.78 is 46.9. The van der Waals surface area contributed by atoms with Crippen molar-refractivity contribution >= 4 is 22.6 Å². The van der Waals surface area contributed by atoms with Crippen molar-refractivity contribution in [2.45, 2.75) is 24.7 Å². The number of carbonyl (C=O) groups is 1. The van der Waals surface area contributed by atoms with Gasteiger partial charge >= 0.3 is 6.18 Å². The highest BCUT2D eigenvalue weighted by Gasteiger charge is 2.35. The molecule has 1 aliphatic rings. The number of benzene rings is 2. The summed E-state index contributed by atoms with van der Waals surface area (Å²) in [6.07, 6.45) is -3.93. The topological polar surface area (TPSA) is 102 Å². The third-order valence-electron chi connectivity index (χ3n) is 5.47. The van der Waals surface area contributed by atoms with Gasteiger partial charge in [-0.05, 0) is 29.7 Å². The number of amides is 1. The van der Waals surface area contributed by atoms with E-state index in [1.807, 2.05) is 0 Å². The summed E-state index contributed by atoms with van der Waals surface area (Å²) in [6, 6.07) is 11.1. The molecule has 1 saturated heterocycles. The molecule has 2 atom stereocenters. The highest BCUT2D eigenvalue weighted by atomic mass is 19.4. The first-order valence-corrected chi connectivity index (χ1v) is 10.0. The lowest BCUT2D eigenvalue weighted by Gasteiger charge is -2.15. The lowest BCUT2D eigenvalue weighted by Crippen LogP contribution is -2.37. The number of nitrogens with zero attached hydrogens (tertiary/aromatic N) is 2. The largest absolute Gasteiger partial charge is 0.418 e. The molecule has 32 heavy (non-hydrogen) atoms. The number of hydrogen-bond donors (Lipinski definition) is 3. The van der Waals surface area contributed by atoms with E-state index in [0.717, 1.165) is 6.07 Å². The number of carbonyl (C=O) groups excluding carboxylic acids is 1. The van der Waals surface area contributed by atoms with Crippen molar-refractivity contribution < 1.29 is 22.7 Å². The lowest BCUT2D eigenvalue weighted by molar-refractivity contribution is -0.136. The Balaban J connectivity index is 1.68. The van der Waals surface area contributed by atoms with Crippen LogP contribution in [0.2, 0.25) is 0 Å². The summed E-state index contributed by atoms with van der Waals surface area (Å²) >= 11 is 0. The Morgan fingerprint density at radius 2 is 1.97 bits per heavy atom. The number of halogens is 3. The van der Waals surface area contributed by atoms with Crippen LogP contribution >= 0.6 is 0 Å². The molecule has 2 heterocycles. The molecule has 2 aromatic carbocycles. The van der Waals surface area contributed by atoms with Gasteiger partial charge in [-0.15, -0.1) is 0 Å². The van der Waals surface area contributed by atoms with Crippen LogP contribution < -0.4 is 16.4 Å². The van der Waals surface area contributed by atoms with Gasteiger partial charge in [0.15, 0.2) is 0 Å². The van der Waals surface area contributed by atoms with Crippen LogP contribution in [0.5, 0.6) is 0 Å². The van der Waals surface area contributed by atoms with E-state index in [9.17, 15) is 18.0 Å². The van der Waals surface area contributed by atoms with Crippen LogP contribution in [0.4, 0.5) is 19.0 Å². The van der Waals surface area contributed by atoms with E-state index < -0.39 is 29.0 Å². The third-order valence-corrected chi connectivity index (χ3v) is 5.47. The van der Waals surface area contributed by atoms with Crippen LogP contribution in [0.25, 0.3) is 22.0 Å². The molecule has 0 bridgehead atoms. The monoisotopic (exact) mass is 445 g/mol. The number of ether oxygens (including phenoxy) is 1. The number of nitrogens with two attached hydrogens (primary N) is 1. The molecule has 7 nitrogen and oxygen atoms in total. The molecule has 1 fully saturated rings. The fourth-order valence-electron chi connectivity index (χ4n) is 3.78. The average molecular weight is 445 g/mol. The zero-order chi connectivity index (χ0) is 22.9. The van der Waals surface area contributed by atoms with Crippen LogP contribution in [0.1, 0.15) is 22.6 Å². The number of alkyl halides is 3. The van der Waals surface area contributed by atoms with Gasteiger partial charge in [0.1, 0.15) is 5.82 Å². The minimum atomic E-state index is -4.69. The van der Waals surface area contributed by atoms with Crippen molar-refractivity contribution in [3.63, 3.8) is 0 Å². The van der Waals surface area contributed by atoms with Crippen LogP contribution in [0.3, 0.4) is 0 Å². The molecule has 0 spiro atoms. The SMILES string of the molecule is CO[C@@H]1CN[C@H](CNC(=O)c2nc(N)c3cc(-c4ccccc4)cc(C(F)(F)F)c3n2)C1. The molecule has 4 rings (SSSR count). The number of methoxy groups -OCH3 is 1. The Morgan fingerprint density at radius 3 is 2.62 bits per heavy atom. The molecule has 3 aromatic rings. The lowest BCUT2D eigenvalue weighted by atomic mass is 9.99. The number of aromatic nitrogens is 2. The van der Waals surface area contributed by atoms with Crippen LogP contribution in [-0.4, -0.2) is 48.2 Å². The number of nitrogens with one attached hydrogen (secondary N) is 2. The third kappa shape index (κ3) is 4.51. The van der Waals surface area contributed by atoms with Gasteiger partial charge in [-0.1, -0.05) is 30.3 Å². The van der Waals surface area contributed by atoms with E-state index in [2.05, 4.69) is 20.6 Å². The first kappa shape index (κ1) is 22.0. The van der Waals surface area contributed by atoms with Crippen LogP contribution in [0.15, 0.2) is 42.5 Å². The summed E-state index contributed by atoms with van der Waals surface area (Å²) in [4.78, 5) is 20.5. The van der Waals surface area contributed by atoms with Gasteiger partial charge in [-0.3, -0.25) is 4.79 Å². The van der Waals surface area contributed by atoms with Gasteiger partial charge < -0.3 is 21.1 Å². The maximum atomic E-state index is 13.9. The first-order chi connectivity index (χ1) is 15.3. The Hall–Kier alpha value is -3.24. The number of nitrogen functional groups attached to an aromatic ring is 1. The fourth-order valence-corrected chi connectivity index (χ4v) is 3.78. The van der Waals surface area contributed by atoms with E-state index >= 15 is 0 Å². The van der Waals surface area contributed by atoms with E-state index in [0.29, 0.717) is 24.1 Å². The Bertz CT molecular complexity index is 1140. The second-order valence-electron chi connectivity index (χ2n) is 7.62. The van der Waals surface area contributed by atoms with E-state index in [-0.39, 0.29) is 29.9 Å². The zero-order valence-corrected chi connectivity index (χ0v) is 17.2. The molecule has 1 aromatic heterocycles. The van der Waals surface area contributed by atoms with Crippen molar-refractivity contribution in [3.8, 4) is 11.1 Å². The predicted octanol–water partition coefficient (Wildman–Crippen LogP) is 3.00. The maximum absolute atomic E-state index is 13.9. The van der Waals surface area contributed by atoms with Gasteiger partial charge in [0.05, 0.1) is 17.2 Å². The fraction of sp³-hybridized carbons (Fsp3) is 0.318. The molecule has 0 aliphatic carbocycles. The number of anilines is 1. The van der Waals surface area contributed by atoms with Crippen molar-refractivity contribution in [3.05, 3.63) is 53.9 Å². The van der Waals surface area contributed by atoms with Gasteiger partial charge in [0.25, 0.3) is 5.91 Å². The van der Waals surface area contributed by atoms with Gasteiger partial charge in [-0.25, -0.2) is 9.97 Å². The second-order valence-corrected chi connectivity index (χ2v) is 7.62. The highest BCUT2D eigenvalue weighted by Crippen LogP contribution is 2.38. The molecule has 10 heteroatoms. The van der Waals surface area contributed by atoms with Crippen LogP contribution in [0, 0.1) is 0 Å². The summed E-state index contributed by atoms with van der Waals surface area (Å²) in [5.74, 6) is -1.29. The molecule has 168 valence electrons. The molecule has 0 unspecified atom stereocenters. The standard InChI is InChI=1S/C22H22F3N5O2/c1-32-15-9-14(27-11-15)10-28-21(31)20-29-18-16(19(26)30-20)7-13(8-17(18)22(23,24)25)12-5-3-2-4-6-12/h2-8,14-15,27H,9-11H2,1H3,(H,28,31)(H2,26,29,30)/t14-,15-/m0/s1. The summed E-state index contributed by atoms with van der Waals surface area (Å²) in [6.45, 7) is 0.925.